The maximum absolute atomic E-state index is 14.1. The van der Waals surface area contributed by atoms with E-state index in [1.165, 1.54) is 27.7 Å². The minimum atomic E-state index is -5.32. The molecule has 1 heterocycles. The summed E-state index contributed by atoms with van der Waals surface area (Å²) in [5, 5.41) is 8.20. The van der Waals surface area contributed by atoms with Gasteiger partial charge in [0, 0.05) is 0 Å². The molecule has 1 aromatic rings. The Kier molecular flexibility index (Phi) is 10.7. The van der Waals surface area contributed by atoms with E-state index in [4.69, 9.17) is 43.0 Å². The lowest BCUT2D eigenvalue weighted by Crippen LogP contribution is -2.44. The van der Waals surface area contributed by atoms with Crippen LogP contribution in [0.2, 0.25) is 0 Å². The molecule has 0 radical (unpaired) electrons. The number of hydrogen-bond acceptors (Lipinski definition) is 13. The molecule has 0 bridgehead atoms. The van der Waals surface area contributed by atoms with Gasteiger partial charge in [0.1, 0.15) is 18.0 Å². The van der Waals surface area contributed by atoms with Gasteiger partial charge in [-0.2, -0.15) is 4.39 Å². The zero-order valence-electron chi connectivity index (χ0n) is 18.7. The van der Waals surface area contributed by atoms with Crippen molar-refractivity contribution in [3.05, 3.63) is 23.8 Å². The highest BCUT2D eigenvalue weighted by Gasteiger charge is 2.72. The predicted molar refractivity (Wildman–Crippen MR) is 110 cm³/mol. The second-order valence-electron chi connectivity index (χ2n) is 6.11. The van der Waals surface area contributed by atoms with Crippen molar-refractivity contribution in [1.82, 2.24) is 0 Å². The highest BCUT2D eigenvalue weighted by atomic mass is 31.2. The zero-order valence-corrected chi connectivity index (χ0v) is 20.5. The molecule has 0 atom stereocenters. The summed E-state index contributed by atoms with van der Waals surface area (Å²) in [4.78, 5) is 22.7. The lowest BCUT2D eigenvalue weighted by atomic mass is 10.2. The minimum absolute atomic E-state index is 0.214. The number of ether oxygens (including phenoxy) is 1. The number of nitrogens with zero attached hydrogens (tertiary/aromatic N) is 1. The SMILES string of the molecule is CCOOP(=O)(OOCC)C(O)(C1=Nc2ccc(F)c(F)c2OC1)P(=O)(OOCC)OOCC. The quantitative estimate of drug-likeness (QED) is 0.193. The maximum atomic E-state index is 14.1. The molecule has 1 aliphatic rings. The number of rotatable bonds is 15. The van der Waals surface area contributed by atoms with Crippen LogP contribution in [0, 0.1) is 11.6 Å². The van der Waals surface area contributed by atoms with Gasteiger partial charge in [0.05, 0.1) is 26.4 Å². The highest BCUT2D eigenvalue weighted by Crippen LogP contribution is 2.77. The number of halogens is 2. The Morgan fingerprint density at radius 2 is 1.35 bits per heavy atom. The average molecular weight is 535 g/mol. The third-order valence-electron chi connectivity index (χ3n) is 3.86. The van der Waals surface area contributed by atoms with Crippen molar-refractivity contribution < 1.29 is 66.0 Å². The Balaban J connectivity index is 2.78. The lowest BCUT2D eigenvalue weighted by molar-refractivity contribution is -0.279. The first-order chi connectivity index (χ1) is 16.1. The molecular weight excluding hydrogens is 510 g/mol. The maximum Gasteiger partial charge on any atom is 0.434 e. The van der Waals surface area contributed by atoms with Crippen LogP contribution in [0.1, 0.15) is 27.7 Å². The molecule has 0 fully saturated rings. The van der Waals surface area contributed by atoms with E-state index in [1.54, 1.807) is 0 Å². The normalized spacial score (nSPS) is 14.5. The Bertz CT molecular complexity index is 905. The van der Waals surface area contributed by atoms with Crippen molar-refractivity contribution >= 4 is 26.6 Å². The van der Waals surface area contributed by atoms with E-state index in [1.807, 2.05) is 0 Å². The molecule has 0 spiro atoms. The van der Waals surface area contributed by atoms with Crippen LogP contribution in [0.15, 0.2) is 17.1 Å². The smallest absolute Gasteiger partial charge is 0.434 e. The third kappa shape index (κ3) is 5.72. The van der Waals surface area contributed by atoms with E-state index in [-0.39, 0.29) is 32.1 Å². The van der Waals surface area contributed by atoms with Crippen molar-refractivity contribution in [2.45, 2.75) is 32.8 Å². The molecule has 0 amide bonds. The van der Waals surface area contributed by atoms with Crippen LogP contribution in [0.4, 0.5) is 14.5 Å². The Hall–Kier alpha value is -1.35. The topological polar surface area (TPSA) is 150 Å². The molecule has 0 saturated carbocycles. The van der Waals surface area contributed by atoms with Gasteiger partial charge in [0.15, 0.2) is 11.6 Å². The fourth-order valence-corrected chi connectivity index (χ4v) is 6.33. The monoisotopic (exact) mass is 535 g/mol. The fourth-order valence-electron chi connectivity index (χ4n) is 2.42. The van der Waals surface area contributed by atoms with Crippen LogP contribution < -0.4 is 4.74 Å². The fraction of sp³-hybridized carbons (Fsp3) is 0.588. The van der Waals surface area contributed by atoms with Crippen LogP contribution in [0.5, 0.6) is 5.75 Å². The van der Waals surface area contributed by atoms with Gasteiger partial charge >= 0.3 is 20.3 Å². The molecule has 194 valence electrons. The van der Waals surface area contributed by atoms with Gasteiger partial charge in [-0.25, -0.2) is 28.9 Å². The molecule has 1 aromatic carbocycles. The Morgan fingerprint density at radius 1 is 0.912 bits per heavy atom. The molecule has 0 aromatic heterocycles. The zero-order chi connectivity index (χ0) is 25.4. The number of hydrogen-bond donors (Lipinski definition) is 1. The van der Waals surface area contributed by atoms with E-state index in [9.17, 15) is 23.0 Å². The highest BCUT2D eigenvalue weighted by molar-refractivity contribution is 7.75. The molecule has 1 aliphatic heterocycles. The standard InChI is InChI=1S/C17H25F2NO12P2/c1-5-25-29-33(22,30-26-6-2)17(21,34(23,31-27-7-3)32-28-8-4)14-11-24-16-13(20-14)10-9-12(18)15(16)19/h9-10,21H,5-8,11H2,1-4H3. The predicted octanol–water partition coefficient (Wildman–Crippen LogP) is 4.33. The minimum Gasteiger partial charge on any atom is -0.482 e. The molecule has 0 aliphatic carbocycles. The summed E-state index contributed by atoms with van der Waals surface area (Å²) in [7, 11) is -10.6. The summed E-state index contributed by atoms with van der Waals surface area (Å²) < 4.78 is 79.6. The van der Waals surface area contributed by atoms with Gasteiger partial charge in [-0.3, -0.25) is 9.13 Å². The van der Waals surface area contributed by atoms with Crippen molar-refractivity contribution in [3.63, 3.8) is 0 Å². The van der Waals surface area contributed by atoms with Gasteiger partial charge in [-0.05, 0) is 39.8 Å². The van der Waals surface area contributed by atoms with Gasteiger partial charge in [-0.15, -0.1) is 18.7 Å². The van der Waals surface area contributed by atoms with Crippen LogP contribution in [-0.4, -0.2) is 48.9 Å². The van der Waals surface area contributed by atoms with Crippen molar-refractivity contribution in [2.24, 2.45) is 4.99 Å². The number of aliphatic hydroxyl groups is 1. The van der Waals surface area contributed by atoms with Crippen LogP contribution in [0.25, 0.3) is 0 Å². The summed E-state index contributed by atoms with van der Waals surface area (Å²) in [5.74, 6) is -3.23. The van der Waals surface area contributed by atoms with E-state index >= 15 is 0 Å². The summed E-state index contributed by atoms with van der Waals surface area (Å²) >= 11 is 0. The van der Waals surface area contributed by atoms with Crippen molar-refractivity contribution in [1.29, 1.82) is 0 Å². The van der Waals surface area contributed by atoms with Gasteiger partial charge in [-0.1, -0.05) is 0 Å². The van der Waals surface area contributed by atoms with Crippen LogP contribution in [0.3, 0.4) is 0 Å². The van der Waals surface area contributed by atoms with Gasteiger partial charge in [0.2, 0.25) is 5.82 Å². The van der Waals surface area contributed by atoms with E-state index in [0.29, 0.717) is 0 Å². The van der Waals surface area contributed by atoms with Crippen molar-refractivity contribution in [2.75, 3.05) is 33.0 Å². The molecule has 13 nitrogen and oxygen atoms in total. The third-order valence-corrected chi connectivity index (χ3v) is 8.58. The average Bonchev–Trinajstić information content (AvgIpc) is 2.85. The molecule has 34 heavy (non-hydrogen) atoms. The molecule has 17 heteroatoms. The largest absolute Gasteiger partial charge is 0.482 e. The van der Waals surface area contributed by atoms with E-state index in [2.05, 4.69) is 4.99 Å². The first kappa shape index (κ1) is 28.9. The second kappa shape index (κ2) is 12.6. The second-order valence-corrected chi connectivity index (χ2v) is 10.3. The first-order valence-electron chi connectivity index (χ1n) is 10.00. The van der Waals surface area contributed by atoms with Gasteiger partial charge < -0.3 is 9.84 Å². The number of aliphatic imine (C=N–C) groups is 1. The summed E-state index contributed by atoms with van der Waals surface area (Å²) in [6.45, 7) is 3.98. The Labute approximate surface area is 193 Å². The van der Waals surface area contributed by atoms with Crippen LogP contribution >= 0.6 is 15.2 Å². The first-order valence-corrected chi connectivity index (χ1v) is 13.1. The molecule has 1 N–H and O–H groups in total. The number of fused-ring (bicyclic) bond motifs is 1. The molecule has 0 saturated heterocycles. The summed E-state index contributed by atoms with van der Waals surface area (Å²) in [5.41, 5.74) is -1.14. The molecule has 2 rings (SSSR count). The lowest BCUT2D eigenvalue weighted by Gasteiger charge is -2.36. The van der Waals surface area contributed by atoms with Crippen molar-refractivity contribution in [3.8, 4) is 5.75 Å². The Morgan fingerprint density at radius 3 is 1.76 bits per heavy atom. The van der Waals surface area contributed by atoms with Gasteiger partial charge in [0.25, 0.3) is 0 Å². The van der Waals surface area contributed by atoms with E-state index < -0.39 is 50.0 Å². The van der Waals surface area contributed by atoms with Crippen LogP contribution in [-0.2, 0) is 47.4 Å². The number of benzene rings is 1. The summed E-state index contributed by atoms with van der Waals surface area (Å²) in [6.07, 6.45) is 0. The summed E-state index contributed by atoms with van der Waals surface area (Å²) in [6, 6.07) is 1.71. The molecule has 0 unspecified atom stereocenters. The molecular formula is C17H25F2NO12P2. The van der Waals surface area contributed by atoms with E-state index in [0.717, 1.165) is 12.1 Å².